The first-order chi connectivity index (χ1) is 8.33. The topological polar surface area (TPSA) is 0 Å². The van der Waals surface area contributed by atoms with Crippen molar-refractivity contribution in [3.05, 3.63) is 74.8 Å². The van der Waals surface area contributed by atoms with Gasteiger partial charge in [-0.3, -0.25) is 0 Å². The zero-order chi connectivity index (χ0) is 11.4. The van der Waals surface area contributed by atoms with Crippen LogP contribution >= 0.6 is 15.9 Å². The Morgan fingerprint density at radius 2 is 1.59 bits per heavy atom. The highest BCUT2D eigenvalue weighted by atomic mass is 79.9. The standard InChI is InChI=1S/C16H11Br/c17-13-5-6-15-11(9-13)8-12-7-10-3-1-2-4-14(10)16(12)15/h1-6,9H,7-8H2. The van der Waals surface area contributed by atoms with Crippen molar-refractivity contribution in [2.75, 3.05) is 0 Å². The van der Waals surface area contributed by atoms with Crippen molar-refractivity contribution in [3.63, 3.8) is 0 Å². The van der Waals surface area contributed by atoms with Gasteiger partial charge in [0.15, 0.2) is 0 Å². The molecule has 2 aliphatic carbocycles. The number of hydrogen-bond acceptors (Lipinski definition) is 0. The van der Waals surface area contributed by atoms with Gasteiger partial charge in [-0.15, -0.1) is 0 Å². The second-order valence-corrected chi connectivity index (χ2v) is 5.71. The molecule has 0 amide bonds. The Balaban J connectivity index is 1.95. The van der Waals surface area contributed by atoms with E-state index < -0.39 is 0 Å². The van der Waals surface area contributed by atoms with E-state index in [0.717, 1.165) is 12.8 Å². The molecule has 17 heavy (non-hydrogen) atoms. The normalized spacial score (nSPS) is 15.8. The number of halogens is 1. The van der Waals surface area contributed by atoms with Gasteiger partial charge in [-0.1, -0.05) is 51.8 Å². The summed E-state index contributed by atoms with van der Waals surface area (Å²) < 4.78 is 1.19. The molecule has 0 saturated carbocycles. The Bertz CT molecular complexity index is 665. The molecule has 0 radical (unpaired) electrons. The Hall–Kier alpha value is -1.34. The van der Waals surface area contributed by atoms with Crippen molar-refractivity contribution in [2.24, 2.45) is 0 Å². The second kappa shape index (κ2) is 3.33. The molecule has 0 N–H and O–H groups in total. The van der Waals surface area contributed by atoms with Crippen LogP contribution in [0.2, 0.25) is 0 Å². The molecule has 0 nitrogen and oxygen atoms in total. The van der Waals surface area contributed by atoms with E-state index in [1.165, 1.54) is 32.3 Å². The van der Waals surface area contributed by atoms with Crippen LogP contribution in [0.4, 0.5) is 0 Å². The minimum atomic E-state index is 1.12. The molecule has 2 aromatic rings. The molecule has 0 aromatic heterocycles. The van der Waals surface area contributed by atoms with Gasteiger partial charge >= 0.3 is 0 Å². The second-order valence-electron chi connectivity index (χ2n) is 4.79. The smallest absolute Gasteiger partial charge is 0.0178 e. The molecule has 0 saturated heterocycles. The van der Waals surface area contributed by atoms with Crippen LogP contribution in [-0.4, -0.2) is 0 Å². The molecule has 2 aromatic carbocycles. The van der Waals surface area contributed by atoms with Crippen LogP contribution in [0.25, 0.3) is 5.57 Å². The van der Waals surface area contributed by atoms with E-state index in [1.807, 2.05) is 0 Å². The lowest BCUT2D eigenvalue weighted by Gasteiger charge is -2.07. The van der Waals surface area contributed by atoms with Gasteiger partial charge < -0.3 is 0 Å². The summed E-state index contributed by atoms with van der Waals surface area (Å²) >= 11 is 3.56. The van der Waals surface area contributed by atoms with Gasteiger partial charge in [0.2, 0.25) is 0 Å². The van der Waals surface area contributed by atoms with Gasteiger partial charge in [-0.05, 0) is 52.8 Å². The van der Waals surface area contributed by atoms with Crippen molar-refractivity contribution in [1.29, 1.82) is 0 Å². The predicted molar refractivity (Wildman–Crippen MR) is 74.0 cm³/mol. The highest BCUT2D eigenvalue weighted by Gasteiger charge is 2.28. The third-order valence-corrected chi connectivity index (χ3v) is 4.28. The fourth-order valence-electron chi connectivity index (χ4n) is 3.10. The average Bonchev–Trinajstić information content (AvgIpc) is 2.83. The predicted octanol–water partition coefficient (Wildman–Crippen LogP) is 4.36. The molecule has 0 unspecified atom stereocenters. The van der Waals surface area contributed by atoms with E-state index in [4.69, 9.17) is 0 Å². The highest BCUT2D eigenvalue weighted by molar-refractivity contribution is 9.10. The van der Waals surface area contributed by atoms with E-state index in [2.05, 4.69) is 58.4 Å². The quantitative estimate of drug-likeness (QED) is 0.673. The van der Waals surface area contributed by atoms with Gasteiger partial charge in [-0.2, -0.15) is 0 Å². The number of hydrogen-bond donors (Lipinski definition) is 0. The zero-order valence-corrected chi connectivity index (χ0v) is 10.9. The van der Waals surface area contributed by atoms with Crippen molar-refractivity contribution in [3.8, 4) is 0 Å². The summed E-state index contributed by atoms with van der Waals surface area (Å²) in [6, 6.07) is 15.5. The fraction of sp³-hybridized carbons (Fsp3) is 0.125. The van der Waals surface area contributed by atoms with Gasteiger partial charge in [0.25, 0.3) is 0 Å². The lowest BCUT2D eigenvalue weighted by atomic mass is 9.98. The Labute approximate surface area is 109 Å². The SMILES string of the molecule is Brc1ccc2c(c1)CC1=C2c2ccccc2C1. The summed E-state index contributed by atoms with van der Waals surface area (Å²) in [4.78, 5) is 0. The molecule has 0 atom stereocenters. The Kier molecular flexibility index (Phi) is 1.89. The first kappa shape index (κ1) is 9.67. The summed E-state index contributed by atoms with van der Waals surface area (Å²) in [5.74, 6) is 0. The third kappa shape index (κ3) is 1.29. The zero-order valence-electron chi connectivity index (χ0n) is 9.33. The summed E-state index contributed by atoms with van der Waals surface area (Å²) in [6.45, 7) is 0. The van der Waals surface area contributed by atoms with E-state index in [-0.39, 0.29) is 0 Å². The van der Waals surface area contributed by atoms with Crippen LogP contribution < -0.4 is 0 Å². The molecular formula is C16H11Br. The minimum absolute atomic E-state index is 1.12. The van der Waals surface area contributed by atoms with Crippen LogP contribution in [0.1, 0.15) is 22.3 Å². The maximum absolute atomic E-state index is 3.56. The first-order valence-electron chi connectivity index (χ1n) is 5.92. The lowest BCUT2D eigenvalue weighted by molar-refractivity contribution is 1.08. The number of fused-ring (bicyclic) bond motifs is 4. The first-order valence-corrected chi connectivity index (χ1v) is 6.71. The molecule has 1 heteroatoms. The van der Waals surface area contributed by atoms with Crippen LogP contribution in [-0.2, 0) is 12.8 Å². The van der Waals surface area contributed by atoms with E-state index in [9.17, 15) is 0 Å². The van der Waals surface area contributed by atoms with Gasteiger partial charge in [0, 0.05) is 4.47 Å². The maximum Gasteiger partial charge on any atom is 0.0178 e. The molecule has 0 aliphatic heterocycles. The van der Waals surface area contributed by atoms with Crippen molar-refractivity contribution in [2.45, 2.75) is 12.8 Å². The molecule has 0 heterocycles. The minimum Gasteiger partial charge on any atom is -0.0619 e. The largest absolute Gasteiger partial charge is 0.0619 e. The molecular weight excluding hydrogens is 272 g/mol. The maximum atomic E-state index is 3.56. The van der Waals surface area contributed by atoms with Crippen molar-refractivity contribution >= 4 is 21.5 Å². The molecule has 2 aliphatic rings. The van der Waals surface area contributed by atoms with Crippen LogP contribution in [0.5, 0.6) is 0 Å². The van der Waals surface area contributed by atoms with Crippen molar-refractivity contribution in [1.82, 2.24) is 0 Å². The number of benzene rings is 2. The molecule has 82 valence electrons. The molecule has 0 fully saturated rings. The number of rotatable bonds is 0. The Morgan fingerprint density at radius 3 is 2.53 bits per heavy atom. The van der Waals surface area contributed by atoms with Crippen LogP contribution in [0.15, 0.2) is 52.5 Å². The van der Waals surface area contributed by atoms with E-state index in [1.54, 1.807) is 5.57 Å². The summed E-state index contributed by atoms with van der Waals surface area (Å²) in [7, 11) is 0. The Morgan fingerprint density at radius 1 is 0.824 bits per heavy atom. The van der Waals surface area contributed by atoms with Gasteiger partial charge in [0.05, 0.1) is 0 Å². The third-order valence-electron chi connectivity index (χ3n) is 3.78. The van der Waals surface area contributed by atoms with Gasteiger partial charge in [0.1, 0.15) is 0 Å². The molecule has 0 bridgehead atoms. The van der Waals surface area contributed by atoms with Crippen LogP contribution in [0, 0.1) is 0 Å². The van der Waals surface area contributed by atoms with Crippen LogP contribution in [0.3, 0.4) is 0 Å². The average molecular weight is 283 g/mol. The monoisotopic (exact) mass is 282 g/mol. The molecule has 4 rings (SSSR count). The van der Waals surface area contributed by atoms with Gasteiger partial charge in [-0.25, -0.2) is 0 Å². The number of allylic oxidation sites excluding steroid dienone is 1. The summed E-state index contributed by atoms with van der Waals surface area (Å²) in [6.07, 6.45) is 2.26. The molecule has 0 spiro atoms. The van der Waals surface area contributed by atoms with Crippen molar-refractivity contribution < 1.29 is 0 Å². The lowest BCUT2D eigenvalue weighted by Crippen LogP contribution is -1.91. The summed E-state index contributed by atoms with van der Waals surface area (Å²) in [5, 5.41) is 0. The highest BCUT2D eigenvalue weighted by Crippen LogP contribution is 2.45. The van der Waals surface area contributed by atoms with E-state index in [0.29, 0.717) is 0 Å². The summed E-state index contributed by atoms with van der Waals surface area (Å²) in [5.41, 5.74) is 8.95. The van der Waals surface area contributed by atoms with E-state index >= 15 is 0 Å². The fourth-order valence-corrected chi connectivity index (χ4v) is 3.50.